The standard InChI is InChI=1S/C12H16FNO5S/c1-8-5-9(13)3-4-10(8)20(18,19)14-7-12(2,17)6-11(15)16/h3-5,14,17H,6-7H2,1-2H3,(H,15,16). The van der Waals surface area contributed by atoms with Gasteiger partial charge < -0.3 is 10.2 Å². The number of aliphatic carboxylic acids is 1. The van der Waals surface area contributed by atoms with E-state index >= 15 is 0 Å². The van der Waals surface area contributed by atoms with E-state index in [1.165, 1.54) is 13.8 Å². The molecular formula is C12H16FNO5S. The highest BCUT2D eigenvalue weighted by molar-refractivity contribution is 7.89. The van der Waals surface area contributed by atoms with Crippen molar-refractivity contribution in [3.05, 3.63) is 29.6 Å². The fourth-order valence-electron chi connectivity index (χ4n) is 1.63. The lowest BCUT2D eigenvalue weighted by atomic mass is 10.0. The van der Waals surface area contributed by atoms with Crippen LogP contribution in [0.5, 0.6) is 0 Å². The van der Waals surface area contributed by atoms with E-state index in [9.17, 15) is 22.7 Å². The van der Waals surface area contributed by atoms with E-state index in [4.69, 9.17) is 5.11 Å². The topological polar surface area (TPSA) is 104 Å². The van der Waals surface area contributed by atoms with Gasteiger partial charge in [0.2, 0.25) is 10.0 Å². The Morgan fingerprint density at radius 3 is 2.55 bits per heavy atom. The molecule has 1 rings (SSSR count). The van der Waals surface area contributed by atoms with Crippen LogP contribution in [-0.4, -0.2) is 36.7 Å². The fraction of sp³-hybridized carbons (Fsp3) is 0.417. The number of hydrogen-bond donors (Lipinski definition) is 3. The molecule has 0 spiro atoms. The molecular weight excluding hydrogens is 289 g/mol. The predicted octanol–water partition coefficient (Wildman–Crippen LogP) is 0.638. The van der Waals surface area contributed by atoms with Crippen molar-refractivity contribution >= 4 is 16.0 Å². The lowest BCUT2D eigenvalue weighted by molar-refractivity contribution is -0.141. The molecule has 0 amide bonds. The third-order valence-corrected chi connectivity index (χ3v) is 4.16. The smallest absolute Gasteiger partial charge is 0.306 e. The molecule has 1 unspecified atom stereocenters. The number of carbonyl (C=O) groups is 1. The molecule has 0 heterocycles. The van der Waals surface area contributed by atoms with Crippen molar-refractivity contribution in [1.29, 1.82) is 0 Å². The molecule has 0 saturated heterocycles. The number of nitrogens with one attached hydrogen (secondary N) is 1. The highest BCUT2D eigenvalue weighted by Crippen LogP contribution is 2.17. The van der Waals surface area contributed by atoms with E-state index in [2.05, 4.69) is 4.72 Å². The quantitative estimate of drug-likeness (QED) is 0.715. The zero-order chi connectivity index (χ0) is 15.6. The van der Waals surface area contributed by atoms with Crippen molar-refractivity contribution < 1.29 is 27.8 Å². The number of rotatable bonds is 6. The van der Waals surface area contributed by atoms with Gasteiger partial charge in [-0.15, -0.1) is 0 Å². The monoisotopic (exact) mass is 305 g/mol. The number of halogens is 1. The zero-order valence-corrected chi connectivity index (χ0v) is 11.9. The number of hydrogen-bond acceptors (Lipinski definition) is 4. The fourth-order valence-corrected chi connectivity index (χ4v) is 3.02. The first-order valence-corrected chi connectivity index (χ1v) is 7.22. The van der Waals surface area contributed by atoms with Gasteiger partial charge >= 0.3 is 5.97 Å². The Balaban J connectivity index is 2.88. The Morgan fingerprint density at radius 2 is 2.05 bits per heavy atom. The molecule has 8 heteroatoms. The lowest BCUT2D eigenvalue weighted by Gasteiger charge is -2.21. The Kier molecular flexibility index (Phi) is 4.85. The first-order chi connectivity index (χ1) is 9.03. The van der Waals surface area contributed by atoms with Gasteiger partial charge in [0, 0.05) is 6.54 Å². The summed E-state index contributed by atoms with van der Waals surface area (Å²) in [6, 6.07) is 3.19. The minimum atomic E-state index is -3.95. The molecule has 0 fully saturated rings. The SMILES string of the molecule is Cc1cc(F)ccc1S(=O)(=O)NCC(C)(O)CC(=O)O. The Hall–Kier alpha value is -1.51. The summed E-state index contributed by atoms with van der Waals surface area (Å²) in [4.78, 5) is 10.4. The number of benzene rings is 1. The van der Waals surface area contributed by atoms with Crippen molar-refractivity contribution in [3.8, 4) is 0 Å². The van der Waals surface area contributed by atoms with E-state index in [1.54, 1.807) is 0 Å². The number of aryl methyl sites for hydroxylation is 1. The molecule has 112 valence electrons. The van der Waals surface area contributed by atoms with Gasteiger partial charge in [-0.3, -0.25) is 4.79 Å². The van der Waals surface area contributed by atoms with E-state index in [0.717, 1.165) is 18.2 Å². The number of aliphatic hydroxyl groups is 1. The number of sulfonamides is 1. The second-order valence-corrected chi connectivity index (χ2v) is 6.54. The maximum Gasteiger partial charge on any atom is 0.306 e. The van der Waals surface area contributed by atoms with Gasteiger partial charge in [-0.1, -0.05) is 0 Å². The summed E-state index contributed by atoms with van der Waals surface area (Å²) >= 11 is 0. The van der Waals surface area contributed by atoms with Crippen LogP contribution in [0, 0.1) is 12.7 Å². The minimum absolute atomic E-state index is 0.120. The third-order valence-electron chi connectivity index (χ3n) is 2.60. The van der Waals surface area contributed by atoms with Gasteiger partial charge in [0.25, 0.3) is 0 Å². The molecule has 0 bridgehead atoms. The molecule has 0 saturated carbocycles. The van der Waals surface area contributed by atoms with Crippen LogP contribution in [0.15, 0.2) is 23.1 Å². The molecule has 1 aromatic carbocycles. The molecule has 0 radical (unpaired) electrons. The average molecular weight is 305 g/mol. The van der Waals surface area contributed by atoms with Crippen molar-refractivity contribution in [2.75, 3.05) is 6.54 Å². The van der Waals surface area contributed by atoms with Gasteiger partial charge in [0.15, 0.2) is 0 Å². The Labute approximate surface area is 116 Å². The van der Waals surface area contributed by atoms with Crippen molar-refractivity contribution in [2.24, 2.45) is 0 Å². The number of carboxylic acids is 1. The second-order valence-electron chi connectivity index (χ2n) is 4.80. The van der Waals surface area contributed by atoms with Crippen molar-refractivity contribution in [1.82, 2.24) is 4.72 Å². The van der Waals surface area contributed by atoms with Crippen LogP contribution < -0.4 is 4.72 Å². The van der Waals surface area contributed by atoms with Crippen LogP contribution in [0.2, 0.25) is 0 Å². The van der Waals surface area contributed by atoms with Crippen molar-refractivity contribution in [3.63, 3.8) is 0 Å². The first kappa shape index (κ1) is 16.5. The maximum absolute atomic E-state index is 12.9. The van der Waals surface area contributed by atoms with Crippen molar-refractivity contribution in [2.45, 2.75) is 30.8 Å². The third kappa shape index (κ3) is 4.55. The summed E-state index contributed by atoms with van der Waals surface area (Å²) < 4.78 is 39.1. The largest absolute Gasteiger partial charge is 0.481 e. The molecule has 0 aliphatic heterocycles. The van der Waals surface area contributed by atoms with Gasteiger partial charge in [0.1, 0.15) is 5.82 Å². The van der Waals surface area contributed by atoms with Gasteiger partial charge in [-0.05, 0) is 37.6 Å². The van der Waals surface area contributed by atoms with Crippen LogP contribution in [0.4, 0.5) is 4.39 Å². The van der Waals surface area contributed by atoms with Crippen LogP contribution in [0.1, 0.15) is 18.9 Å². The van der Waals surface area contributed by atoms with Gasteiger partial charge in [-0.2, -0.15) is 0 Å². The summed E-state index contributed by atoms with van der Waals surface area (Å²) in [6.07, 6.45) is -0.599. The zero-order valence-electron chi connectivity index (χ0n) is 11.1. The molecule has 1 aromatic rings. The number of carboxylic acid groups (broad SMARTS) is 1. The highest BCUT2D eigenvalue weighted by Gasteiger charge is 2.27. The van der Waals surface area contributed by atoms with Crippen LogP contribution in [-0.2, 0) is 14.8 Å². The second kappa shape index (κ2) is 5.86. The van der Waals surface area contributed by atoms with Crippen LogP contribution in [0.25, 0.3) is 0 Å². The lowest BCUT2D eigenvalue weighted by Crippen LogP contribution is -2.42. The van der Waals surface area contributed by atoms with E-state index in [1.807, 2.05) is 0 Å². The summed E-state index contributed by atoms with van der Waals surface area (Å²) in [6.45, 7) is 2.19. The molecule has 1 atom stereocenters. The average Bonchev–Trinajstić information content (AvgIpc) is 2.24. The van der Waals surface area contributed by atoms with Gasteiger partial charge in [0.05, 0.1) is 16.9 Å². The first-order valence-electron chi connectivity index (χ1n) is 5.73. The van der Waals surface area contributed by atoms with Gasteiger partial charge in [-0.25, -0.2) is 17.5 Å². The molecule has 0 aromatic heterocycles. The Bertz CT molecular complexity index is 612. The Morgan fingerprint density at radius 1 is 1.45 bits per heavy atom. The molecule has 0 aliphatic carbocycles. The predicted molar refractivity (Wildman–Crippen MR) is 69.2 cm³/mol. The minimum Gasteiger partial charge on any atom is -0.481 e. The van der Waals surface area contributed by atoms with Crippen LogP contribution in [0.3, 0.4) is 0 Å². The molecule has 3 N–H and O–H groups in total. The van der Waals surface area contributed by atoms with E-state index in [0.29, 0.717) is 0 Å². The molecule has 0 aliphatic rings. The molecule has 20 heavy (non-hydrogen) atoms. The highest BCUT2D eigenvalue weighted by atomic mass is 32.2. The summed E-state index contributed by atoms with van der Waals surface area (Å²) in [7, 11) is -3.95. The summed E-state index contributed by atoms with van der Waals surface area (Å²) in [5.74, 6) is -1.80. The van der Waals surface area contributed by atoms with E-state index < -0.39 is 40.4 Å². The van der Waals surface area contributed by atoms with Crippen LogP contribution >= 0.6 is 0 Å². The summed E-state index contributed by atoms with van der Waals surface area (Å²) in [5.41, 5.74) is -1.50. The van der Waals surface area contributed by atoms with E-state index in [-0.39, 0.29) is 10.5 Å². The summed E-state index contributed by atoms with van der Waals surface area (Å²) in [5, 5.41) is 18.3. The maximum atomic E-state index is 12.9. The molecule has 6 nitrogen and oxygen atoms in total. The normalized spacial score (nSPS) is 14.8.